The molecule has 10 heteroatoms. The number of amides is 2. The van der Waals surface area contributed by atoms with Gasteiger partial charge in [0.25, 0.3) is 0 Å². The molecular formula is C25H36N4O6. The highest BCUT2D eigenvalue weighted by atomic mass is 16.6. The number of hydrogen-bond donors (Lipinski definition) is 1. The first-order valence-corrected chi connectivity index (χ1v) is 11.6. The van der Waals surface area contributed by atoms with Crippen LogP contribution in [0.5, 0.6) is 0 Å². The third kappa shape index (κ3) is 8.08. The molecule has 2 unspecified atom stereocenters. The number of hydrogen-bond acceptors (Lipinski definition) is 7. The van der Waals surface area contributed by atoms with E-state index in [1.54, 1.807) is 20.8 Å². The van der Waals surface area contributed by atoms with E-state index in [9.17, 15) is 19.5 Å². The number of likely N-dealkylation sites (N-methyl/N-ethyl adjacent to an activating group) is 2. The molecule has 2 rings (SSSR count). The molecule has 10 nitrogen and oxygen atoms in total. The molecular weight excluding hydrogens is 452 g/mol. The molecule has 0 aliphatic rings. The lowest BCUT2D eigenvalue weighted by Gasteiger charge is -2.35. The minimum atomic E-state index is -1.16. The Kier molecular flexibility index (Phi) is 9.39. The fraction of sp³-hybridized carbons (Fsp3) is 0.560. The molecule has 1 N–H and O–H groups in total. The van der Waals surface area contributed by atoms with Gasteiger partial charge in [0.1, 0.15) is 17.7 Å². The van der Waals surface area contributed by atoms with Gasteiger partial charge in [-0.1, -0.05) is 49.3 Å². The first kappa shape index (κ1) is 27.8. The van der Waals surface area contributed by atoms with E-state index in [4.69, 9.17) is 9.26 Å². The highest BCUT2D eigenvalue weighted by Gasteiger charge is 2.36. The van der Waals surface area contributed by atoms with Crippen LogP contribution in [0.2, 0.25) is 0 Å². The predicted molar refractivity (Wildman–Crippen MR) is 129 cm³/mol. The smallest absolute Gasteiger partial charge is 0.410 e. The zero-order valence-corrected chi connectivity index (χ0v) is 21.5. The van der Waals surface area contributed by atoms with Gasteiger partial charge in [0, 0.05) is 26.1 Å². The molecule has 192 valence electrons. The van der Waals surface area contributed by atoms with E-state index in [2.05, 4.69) is 10.1 Å². The number of carbonyl (C=O) groups is 3. The summed E-state index contributed by atoms with van der Waals surface area (Å²) in [4.78, 5) is 44.8. The molecule has 0 radical (unpaired) electrons. The summed E-state index contributed by atoms with van der Waals surface area (Å²) in [6.07, 6.45) is -0.0462. The van der Waals surface area contributed by atoms with Gasteiger partial charge in [0.05, 0.1) is 0 Å². The van der Waals surface area contributed by atoms with Crippen molar-refractivity contribution in [2.75, 3.05) is 14.1 Å². The number of ether oxygens (including phenoxy) is 1. The average molecular weight is 489 g/mol. The van der Waals surface area contributed by atoms with Gasteiger partial charge >= 0.3 is 12.1 Å². The second kappa shape index (κ2) is 11.8. The lowest BCUT2D eigenvalue weighted by Crippen LogP contribution is -2.54. The van der Waals surface area contributed by atoms with Crippen LogP contribution in [0.1, 0.15) is 53.4 Å². The maximum Gasteiger partial charge on any atom is 0.410 e. The van der Waals surface area contributed by atoms with Gasteiger partial charge in [0.2, 0.25) is 17.6 Å². The number of rotatable bonds is 10. The van der Waals surface area contributed by atoms with Crippen molar-refractivity contribution >= 4 is 18.0 Å². The first-order valence-electron chi connectivity index (χ1n) is 11.6. The fourth-order valence-electron chi connectivity index (χ4n) is 3.52. The summed E-state index contributed by atoms with van der Waals surface area (Å²) in [5.74, 6) is -0.865. The molecule has 0 aliphatic carbocycles. The second-order valence-corrected chi connectivity index (χ2v) is 9.96. The van der Waals surface area contributed by atoms with E-state index >= 15 is 0 Å². The van der Waals surface area contributed by atoms with E-state index in [0.717, 1.165) is 5.56 Å². The van der Waals surface area contributed by atoms with Crippen LogP contribution >= 0.6 is 0 Å². The first-order chi connectivity index (χ1) is 16.3. The standard InChI is InChI=1S/C25H36N4O6/c1-16(2)15-19(29(7)24(33)34-25(3,4)5)22(30)28(6)18(23(31)32)13-14-20-26-21(27-35-20)17-11-9-8-10-12-17/h8-12,16,18-19H,13-15H2,1-7H3,(H,31,32). The molecule has 2 amide bonds. The lowest BCUT2D eigenvalue weighted by molar-refractivity contribution is -0.151. The molecule has 35 heavy (non-hydrogen) atoms. The van der Waals surface area contributed by atoms with E-state index in [1.807, 2.05) is 44.2 Å². The van der Waals surface area contributed by atoms with Crippen molar-refractivity contribution in [3.05, 3.63) is 36.2 Å². The monoisotopic (exact) mass is 488 g/mol. The van der Waals surface area contributed by atoms with Crippen LogP contribution in [0.25, 0.3) is 11.4 Å². The lowest BCUT2D eigenvalue weighted by atomic mass is 10.0. The Hall–Kier alpha value is -3.43. The molecule has 1 aromatic carbocycles. The van der Waals surface area contributed by atoms with Gasteiger partial charge in [0.15, 0.2) is 0 Å². The fourth-order valence-corrected chi connectivity index (χ4v) is 3.52. The van der Waals surface area contributed by atoms with Crippen LogP contribution < -0.4 is 0 Å². The van der Waals surface area contributed by atoms with Crippen molar-refractivity contribution in [1.29, 1.82) is 0 Å². The number of carboxylic acid groups (broad SMARTS) is 1. The number of carbonyl (C=O) groups excluding carboxylic acids is 2. The number of benzene rings is 1. The van der Waals surface area contributed by atoms with E-state index < -0.39 is 35.7 Å². The third-order valence-electron chi connectivity index (χ3n) is 5.36. The molecule has 0 saturated heterocycles. The maximum absolute atomic E-state index is 13.4. The summed E-state index contributed by atoms with van der Waals surface area (Å²) in [5, 5.41) is 13.8. The Morgan fingerprint density at radius 1 is 1.06 bits per heavy atom. The Morgan fingerprint density at radius 2 is 1.69 bits per heavy atom. The number of aromatic nitrogens is 2. The third-order valence-corrected chi connectivity index (χ3v) is 5.36. The molecule has 0 fully saturated rings. The van der Waals surface area contributed by atoms with Gasteiger partial charge < -0.3 is 19.3 Å². The molecule has 1 heterocycles. The summed E-state index contributed by atoms with van der Waals surface area (Å²) in [6.45, 7) is 9.08. The van der Waals surface area contributed by atoms with E-state index in [0.29, 0.717) is 12.2 Å². The quantitative estimate of drug-likeness (QED) is 0.534. The predicted octanol–water partition coefficient (Wildman–Crippen LogP) is 3.86. The minimum absolute atomic E-state index is 0.0680. The summed E-state index contributed by atoms with van der Waals surface area (Å²) >= 11 is 0. The number of carboxylic acids is 1. The SMILES string of the molecule is CC(C)CC(C(=O)N(C)C(CCc1nc(-c2ccccc2)no1)C(=O)O)N(C)C(=O)OC(C)(C)C. The molecule has 2 aromatic rings. The van der Waals surface area contributed by atoms with Crippen LogP contribution in [-0.2, 0) is 20.7 Å². The van der Waals surface area contributed by atoms with Crippen LogP contribution in [0.3, 0.4) is 0 Å². The Balaban J connectivity index is 2.15. The number of aliphatic carboxylic acids is 1. The van der Waals surface area contributed by atoms with Crippen molar-refractivity contribution in [1.82, 2.24) is 19.9 Å². The van der Waals surface area contributed by atoms with Crippen molar-refractivity contribution in [3.8, 4) is 11.4 Å². The van der Waals surface area contributed by atoms with Gasteiger partial charge in [-0.25, -0.2) is 9.59 Å². The zero-order chi connectivity index (χ0) is 26.3. The highest BCUT2D eigenvalue weighted by Crippen LogP contribution is 2.20. The number of aryl methyl sites for hydroxylation is 1. The maximum atomic E-state index is 13.4. The van der Waals surface area contributed by atoms with Crippen LogP contribution in [0, 0.1) is 5.92 Å². The molecule has 0 bridgehead atoms. The molecule has 0 saturated carbocycles. The topological polar surface area (TPSA) is 126 Å². The van der Waals surface area contributed by atoms with Crippen molar-refractivity contribution < 1.29 is 28.8 Å². The van der Waals surface area contributed by atoms with Gasteiger partial charge in [-0.2, -0.15) is 4.98 Å². The highest BCUT2D eigenvalue weighted by molar-refractivity contribution is 5.89. The summed E-state index contributed by atoms with van der Waals surface area (Å²) in [5.41, 5.74) is 0.0564. The summed E-state index contributed by atoms with van der Waals surface area (Å²) in [6, 6.07) is 7.26. The zero-order valence-electron chi connectivity index (χ0n) is 21.5. The second-order valence-electron chi connectivity index (χ2n) is 9.96. The Morgan fingerprint density at radius 3 is 2.23 bits per heavy atom. The van der Waals surface area contributed by atoms with Crippen LogP contribution in [0.4, 0.5) is 4.79 Å². The van der Waals surface area contributed by atoms with E-state index in [-0.39, 0.29) is 24.7 Å². The average Bonchev–Trinajstić information content (AvgIpc) is 3.24. The van der Waals surface area contributed by atoms with Crippen molar-refractivity contribution in [2.45, 2.75) is 71.6 Å². The molecule has 1 aromatic heterocycles. The number of nitrogens with zero attached hydrogens (tertiary/aromatic N) is 4. The van der Waals surface area contributed by atoms with E-state index in [1.165, 1.54) is 23.9 Å². The molecule has 2 atom stereocenters. The summed E-state index contributed by atoms with van der Waals surface area (Å²) < 4.78 is 10.7. The normalized spacial score (nSPS) is 13.3. The van der Waals surface area contributed by atoms with Crippen molar-refractivity contribution in [2.24, 2.45) is 5.92 Å². The van der Waals surface area contributed by atoms with Gasteiger partial charge in [-0.05, 0) is 39.5 Å². The Bertz CT molecular complexity index is 999. The molecule has 0 aliphatic heterocycles. The van der Waals surface area contributed by atoms with Crippen LogP contribution in [0.15, 0.2) is 34.9 Å². The van der Waals surface area contributed by atoms with Crippen molar-refractivity contribution in [3.63, 3.8) is 0 Å². The van der Waals surface area contributed by atoms with Crippen LogP contribution in [-0.4, -0.2) is 74.8 Å². The Labute approximate surface area is 206 Å². The largest absolute Gasteiger partial charge is 0.480 e. The summed E-state index contributed by atoms with van der Waals surface area (Å²) in [7, 11) is 2.92. The van der Waals surface area contributed by atoms with Gasteiger partial charge in [-0.15, -0.1) is 0 Å². The minimum Gasteiger partial charge on any atom is -0.480 e. The molecule has 0 spiro atoms. The van der Waals surface area contributed by atoms with Gasteiger partial charge in [-0.3, -0.25) is 9.69 Å².